The van der Waals surface area contributed by atoms with E-state index in [1.165, 1.54) is 12.1 Å². The van der Waals surface area contributed by atoms with E-state index in [0.717, 1.165) is 5.56 Å². The second-order valence-corrected chi connectivity index (χ2v) is 7.13. The van der Waals surface area contributed by atoms with E-state index >= 15 is 0 Å². The summed E-state index contributed by atoms with van der Waals surface area (Å²) in [5.41, 5.74) is 2.04. The van der Waals surface area contributed by atoms with Crippen LogP contribution in [0, 0.1) is 17.1 Å². The van der Waals surface area contributed by atoms with Crippen molar-refractivity contribution in [1.29, 1.82) is 5.26 Å². The zero-order valence-electron chi connectivity index (χ0n) is 17.3. The van der Waals surface area contributed by atoms with Crippen LogP contribution in [0.1, 0.15) is 17.2 Å². The lowest BCUT2D eigenvalue weighted by Gasteiger charge is -2.25. The summed E-state index contributed by atoms with van der Waals surface area (Å²) >= 11 is 0. The van der Waals surface area contributed by atoms with Gasteiger partial charge in [-0.15, -0.1) is 0 Å². The Balaban J connectivity index is 1.55. The van der Waals surface area contributed by atoms with Gasteiger partial charge in [-0.05, 0) is 74.3 Å². The fourth-order valence-corrected chi connectivity index (χ4v) is 3.02. The zero-order chi connectivity index (χ0) is 22.2. The van der Waals surface area contributed by atoms with Crippen molar-refractivity contribution in [3.63, 3.8) is 0 Å². The molecular weight excluding hydrogens is 395 g/mol. The fourth-order valence-electron chi connectivity index (χ4n) is 3.02. The SMILES string of the molecule is CN(C)C(CNC(=O)Nc1ccc(Oc2cccc(C#N)c2)cc1)c1ccc(F)cc1. The number of rotatable bonds is 7. The Hall–Kier alpha value is -3.89. The van der Waals surface area contributed by atoms with E-state index in [0.29, 0.717) is 29.3 Å². The molecule has 0 radical (unpaired) electrons. The Bertz CT molecular complexity index is 1060. The summed E-state index contributed by atoms with van der Waals surface area (Å²) in [5, 5.41) is 14.6. The summed E-state index contributed by atoms with van der Waals surface area (Å²) in [6, 6.07) is 21.7. The van der Waals surface area contributed by atoms with Crippen molar-refractivity contribution in [2.45, 2.75) is 6.04 Å². The van der Waals surface area contributed by atoms with Gasteiger partial charge in [-0.3, -0.25) is 0 Å². The molecular formula is C24H23FN4O2. The van der Waals surface area contributed by atoms with Crippen molar-refractivity contribution in [2.24, 2.45) is 0 Å². The molecule has 2 amide bonds. The molecule has 0 fully saturated rings. The highest BCUT2D eigenvalue weighted by Gasteiger charge is 2.15. The van der Waals surface area contributed by atoms with Crippen molar-refractivity contribution in [1.82, 2.24) is 10.2 Å². The second-order valence-electron chi connectivity index (χ2n) is 7.13. The van der Waals surface area contributed by atoms with E-state index < -0.39 is 0 Å². The van der Waals surface area contributed by atoms with Gasteiger partial charge in [-0.1, -0.05) is 18.2 Å². The Morgan fingerprint density at radius 2 is 1.77 bits per heavy atom. The van der Waals surface area contributed by atoms with Crippen LogP contribution < -0.4 is 15.4 Å². The van der Waals surface area contributed by atoms with Gasteiger partial charge in [0.2, 0.25) is 0 Å². The molecule has 0 heterocycles. The third-order valence-electron chi connectivity index (χ3n) is 4.65. The fraction of sp³-hybridized carbons (Fsp3) is 0.167. The number of hydrogen-bond donors (Lipinski definition) is 2. The predicted octanol–water partition coefficient (Wildman–Crippen LogP) is 4.91. The first kappa shape index (κ1) is 21.8. The molecule has 0 aliphatic heterocycles. The topological polar surface area (TPSA) is 77.4 Å². The van der Waals surface area contributed by atoms with Crippen LogP contribution in [-0.2, 0) is 0 Å². The van der Waals surface area contributed by atoms with E-state index in [-0.39, 0.29) is 17.9 Å². The van der Waals surface area contributed by atoms with Gasteiger partial charge in [-0.25, -0.2) is 9.18 Å². The lowest BCUT2D eigenvalue weighted by molar-refractivity contribution is 0.243. The zero-order valence-corrected chi connectivity index (χ0v) is 17.3. The van der Waals surface area contributed by atoms with Gasteiger partial charge in [0.25, 0.3) is 0 Å². The number of likely N-dealkylation sites (N-methyl/N-ethyl adjacent to an activating group) is 1. The summed E-state index contributed by atoms with van der Waals surface area (Å²) in [6.45, 7) is 0.362. The number of benzene rings is 3. The molecule has 3 aromatic rings. The second kappa shape index (κ2) is 10.2. The Morgan fingerprint density at radius 3 is 2.42 bits per heavy atom. The van der Waals surface area contributed by atoms with Crippen LogP contribution in [0.25, 0.3) is 0 Å². The number of anilines is 1. The number of nitrogens with zero attached hydrogens (tertiary/aromatic N) is 2. The highest BCUT2D eigenvalue weighted by atomic mass is 19.1. The third-order valence-corrected chi connectivity index (χ3v) is 4.65. The van der Waals surface area contributed by atoms with Crippen molar-refractivity contribution in [3.05, 3.63) is 89.7 Å². The maximum absolute atomic E-state index is 13.2. The maximum atomic E-state index is 13.2. The molecule has 158 valence electrons. The molecule has 7 heteroatoms. The van der Waals surface area contributed by atoms with Gasteiger partial charge in [-0.2, -0.15) is 5.26 Å². The van der Waals surface area contributed by atoms with Crippen LogP contribution in [0.15, 0.2) is 72.8 Å². The lowest BCUT2D eigenvalue weighted by atomic mass is 10.1. The molecule has 0 spiro atoms. The molecule has 3 aromatic carbocycles. The number of nitriles is 1. The minimum Gasteiger partial charge on any atom is -0.457 e. The molecule has 0 aliphatic rings. The number of nitrogens with one attached hydrogen (secondary N) is 2. The highest BCUT2D eigenvalue weighted by molar-refractivity contribution is 5.89. The molecule has 0 saturated heterocycles. The van der Waals surface area contributed by atoms with E-state index in [4.69, 9.17) is 10.00 Å². The number of ether oxygens (including phenoxy) is 1. The predicted molar refractivity (Wildman–Crippen MR) is 118 cm³/mol. The summed E-state index contributed by atoms with van der Waals surface area (Å²) < 4.78 is 18.9. The van der Waals surface area contributed by atoms with Crippen LogP contribution in [0.3, 0.4) is 0 Å². The molecule has 0 saturated carbocycles. The molecule has 2 N–H and O–H groups in total. The van der Waals surface area contributed by atoms with Gasteiger partial charge >= 0.3 is 6.03 Å². The Morgan fingerprint density at radius 1 is 1.06 bits per heavy atom. The number of carbonyl (C=O) groups excluding carboxylic acids is 1. The number of urea groups is 1. The van der Waals surface area contributed by atoms with Crippen molar-refractivity contribution in [2.75, 3.05) is 26.0 Å². The minimum atomic E-state index is -0.343. The van der Waals surface area contributed by atoms with Gasteiger partial charge in [0, 0.05) is 12.2 Å². The van der Waals surface area contributed by atoms with E-state index in [1.807, 2.05) is 19.0 Å². The molecule has 0 aromatic heterocycles. The summed E-state index contributed by atoms with van der Waals surface area (Å²) in [6.07, 6.45) is 0. The largest absolute Gasteiger partial charge is 0.457 e. The maximum Gasteiger partial charge on any atom is 0.319 e. The van der Waals surface area contributed by atoms with Gasteiger partial charge in [0.05, 0.1) is 17.7 Å². The third kappa shape index (κ3) is 6.29. The number of amides is 2. The molecule has 0 bridgehead atoms. The molecule has 0 aliphatic carbocycles. The number of hydrogen-bond acceptors (Lipinski definition) is 4. The average molecular weight is 418 g/mol. The summed E-state index contributed by atoms with van der Waals surface area (Å²) in [4.78, 5) is 14.3. The van der Waals surface area contributed by atoms with Gasteiger partial charge in [0.15, 0.2) is 0 Å². The highest BCUT2D eigenvalue weighted by Crippen LogP contribution is 2.24. The molecule has 1 atom stereocenters. The minimum absolute atomic E-state index is 0.0914. The van der Waals surface area contributed by atoms with E-state index in [1.54, 1.807) is 60.7 Å². The standard InChI is InChI=1S/C24H23FN4O2/c1-29(2)23(18-6-8-19(25)9-7-18)16-27-24(30)28-20-10-12-21(13-11-20)31-22-5-3-4-17(14-22)15-26/h3-14,23H,16H2,1-2H3,(H2,27,28,30). The quantitative estimate of drug-likeness (QED) is 0.571. The van der Waals surface area contributed by atoms with Crippen LogP contribution >= 0.6 is 0 Å². The van der Waals surface area contributed by atoms with Crippen LogP contribution in [0.4, 0.5) is 14.9 Å². The van der Waals surface area contributed by atoms with Crippen molar-refractivity contribution < 1.29 is 13.9 Å². The first-order valence-corrected chi connectivity index (χ1v) is 9.69. The summed E-state index contributed by atoms with van der Waals surface area (Å²) in [5.74, 6) is 0.857. The number of carbonyl (C=O) groups is 1. The molecule has 3 rings (SSSR count). The average Bonchev–Trinajstić information content (AvgIpc) is 2.76. The molecule has 6 nitrogen and oxygen atoms in total. The smallest absolute Gasteiger partial charge is 0.319 e. The first-order chi connectivity index (χ1) is 14.9. The van der Waals surface area contributed by atoms with E-state index in [9.17, 15) is 9.18 Å². The normalized spacial score (nSPS) is 11.5. The van der Waals surface area contributed by atoms with Crippen LogP contribution in [0.2, 0.25) is 0 Å². The molecule has 31 heavy (non-hydrogen) atoms. The van der Waals surface area contributed by atoms with Gasteiger partial charge < -0.3 is 20.3 Å². The van der Waals surface area contributed by atoms with Gasteiger partial charge in [0.1, 0.15) is 17.3 Å². The Labute approximate surface area is 180 Å². The monoisotopic (exact) mass is 418 g/mol. The van der Waals surface area contributed by atoms with Crippen molar-refractivity contribution in [3.8, 4) is 17.6 Å². The number of halogens is 1. The molecule has 1 unspecified atom stereocenters. The van der Waals surface area contributed by atoms with Crippen molar-refractivity contribution >= 4 is 11.7 Å². The van der Waals surface area contributed by atoms with E-state index in [2.05, 4.69) is 16.7 Å². The Kier molecular flexibility index (Phi) is 7.20. The van der Waals surface area contributed by atoms with Crippen LogP contribution in [0.5, 0.6) is 11.5 Å². The first-order valence-electron chi connectivity index (χ1n) is 9.69. The lowest BCUT2D eigenvalue weighted by Crippen LogP contribution is -2.36. The van der Waals surface area contributed by atoms with Crippen LogP contribution in [-0.4, -0.2) is 31.6 Å². The summed E-state index contributed by atoms with van der Waals surface area (Å²) in [7, 11) is 3.80.